The maximum atomic E-state index is 13.2. The maximum Gasteiger partial charge on any atom is 0.251 e. The summed E-state index contributed by atoms with van der Waals surface area (Å²) in [5, 5.41) is 8.99. The summed E-state index contributed by atoms with van der Waals surface area (Å²) in [6.45, 7) is 0.448. The number of rotatable bonds is 5. The van der Waals surface area contributed by atoms with E-state index >= 15 is 0 Å². The summed E-state index contributed by atoms with van der Waals surface area (Å²) < 4.78 is 45.2. The molecule has 130 valence electrons. The summed E-state index contributed by atoms with van der Waals surface area (Å²) in [6.07, 6.45) is 2.86. The average Bonchev–Trinajstić information content (AvgIpc) is 3.04. The van der Waals surface area contributed by atoms with Crippen LogP contribution < -0.4 is 4.74 Å². The SMILES string of the molecule is N#Cc1nccnc1OC1CCN(S(=O)(=O)Cc2cccc(F)c2)C1. The molecule has 1 unspecified atom stereocenters. The molecule has 1 saturated heterocycles. The van der Waals surface area contributed by atoms with Crippen LogP contribution in [0.3, 0.4) is 0 Å². The van der Waals surface area contributed by atoms with Crippen molar-refractivity contribution in [2.75, 3.05) is 13.1 Å². The zero-order chi connectivity index (χ0) is 17.9. The molecule has 0 radical (unpaired) electrons. The van der Waals surface area contributed by atoms with E-state index in [4.69, 9.17) is 10.00 Å². The van der Waals surface area contributed by atoms with E-state index in [0.717, 1.165) is 0 Å². The summed E-state index contributed by atoms with van der Waals surface area (Å²) in [5.74, 6) is -0.645. The first kappa shape index (κ1) is 17.3. The van der Waals surface area contributed by atoms with Gasteiger partial charge in [0.2, 0.25) is 15.7 Å². The van der Waals surface area contributed by atoms with Crippen molar-refractivity contribution in [3.8, 4) is 11.9 Å². The number of hydrogen-bond donors (Lipinski definition) is 0. The second-order valence-corrected chi connectivity index (χ2v) is 7.56. The Balaban J connectivity index is 1.66. The van der Waals surface area contributed by atoms with Crippen LogP contribution in [0.25, 0.3) is 0 Å². The van der Waals surface area contributed by atoms with Gasteiger partial charge in [0, 0.05) is 18.9 Å². The third-order valence-corrected chi connectivity index (χ3v) is 5.60. The van der Waals surface area contributed by atoms with E-state index in [0.29, 0.717) is 18.5 Å². The topological polar surface area (TPSA) is 96.2 Å². The van der Waals surface area contributed by atoms with Crippen LogP contribution in [0.15, 0.2) is 36.7 Å². The fourth-order valence-electron chi connectivity index (χ4n) is 2.62. The van der Waals surface area contributed by atoms with Crippen molar-refractivity contribution in [1.82, 2.24) is 14.3 Å². The fraction of sp³-hybridized carbons (Fsp3) is 0.312. The molecule has 1 aromatic carbocycles. The van der Waals surface area contributed by atoms with Crippen molar-refractivity contribution in [2.45, 2.75) is 18.3 Å². The lowest BCUT2D eigenvalue weighted by Gasteiger charge is -2.17. The van der Waals surface area contributed by atoms with Crippen molar-refractivity contribution < 1.29 is 17.5 Å². The molecule has 3 rings (SSSR count). The van der Waals surface area contributed by atoms with Crippen LogP contribution in [0.5, 0.6) is 5.88 Å². The summed E-state index contributed by atoms with van der Waals surface area (Å²) in [7, 11) is -3.59. The summed E-state index contributed by atoms with van der Waals surface area (Å²) in [6, 6.07) is 7.41. The summed E-state index contributed by atoms with van der Waals surface area (Å²) in [4.78, 5) is 7.82. The Hall–Kier alpha value is -2.57. The minimum Gasteiger partial charge on any atom is -0.471 e. The standard InChI is InChI=1S/C16H15FN4O3S/c17-13-3-1-2-12(8-13)11-25(22,23)21-7-4-14(10-21)24-16-15(9-18)19-5-6-20-16/h1-3,5-6,8,14H,4,7,10-11H2. The lowest BCUT2D eigenvalue weighted by molar-refractivity contribution is 0.205. The number of halogens is 1. The van der Waals surface area contributed by atoms with Crippen LogP contribution >= 0.6 is 0 Å². The van der Waals surface area contributed by atoms with Gasteiger partial charge in [-0.25, -0.2) is 22.8 Å². The van der Waals surface area contributed by atoms with Gasteiger partial charge in [-0.05, 0) is 24.1 Å². The lowest BCUT2D eigenvalue weighted by atomic mass is 10.2. The molecular formula is C16H15FN4O3S. The fourth-order valence-corrected chi connectivity index (χ4v) is 4.18. The largest absolute Gasteiger partial charge is 0.471 e. The number of nitriles is 1. The normalized spacial score (nSPS) is 18.0. The van der Waals surface area contributed by atoms with Gasteiger partial charge in [-0.15, -0.1) is 0 Å². The number of hydrogen-bond acceptors (Lipinski definition) is 6. The molecule has 9 heteroatoms. The van der Waals surface area contributed by atoms with E-state index in [1.54, 1.807) is 6.07 Å². The smallest absolute Gasteiger partial charge is 0.251 e. The molecule has 1 fully saturated rings. The lowest BCUT2D eigenvalue weighted by Crippen LogP contribution is -2.32. The quantitative estimate of drug-likeness (QED) is 0.799. The Kier molecular flexibility index (Phi) is 4.92. The van der Waals surface area contributed by atoms with Crippen LogP contribution in [0, 0.1) is 17.1 Å². The predicted octanol–water partition coefficient (Wildman–Crippen LogP) is 1.47. The van der Waals surface area contributed by atoms with Crippen molar-refractivity contribution in [3.63, 3.8) is 0 Å². The van der Waals surface area contributed by atoms with Crippen LogP contribution in [0.2, 0.25) is 0 Å². The third-order valence-electron chi connectivity index (χ3n) is 3.79. The first-order chi connectivity index (χ1) is 12.0. The third kappa shape index (κ3) is 4.10. The van der Waals surface area contributed by atoms with E-state index in [2.05, 4.69) is 9.97 Å². The summed E-state index contributed by atoms with van der Waals surface area (Å²) >= 11 is 0. The van der Waals surface area contributed by atoms with Crippen molar-refractivity contribution >= 4 is 10.0 Å². The van der Waals surface area contributed by atoms with E-state index in [-0.39, 0.29) is 23.9 Å². The Labute approximate surface area is 144 Å². The van der Waals surface area contributed by atoms with Gasteiger partial charge >= 0.3 is 0 Å². The number of aromatic nitrogens is 2. The molecule has 2 heterocycles. The highest BCUT2D eigenvalue weighted by atomic mass is 32.2. The van der Waals surface area contributed by atoms with Gasteiger partial charge in [-0.2, -0.15) is 9.57 Å². The van der Waals surface area contributed by atoms with Crippen LogP contribution in [-0.4, -0.2) is 41.9 Å². The second kappa shape index (κ2) is 7.13. The van der Waals surface area contributed by atoms with Gasteiger partial charge in [-0.3, -0.25) is 0 Å². The monoisotopic (exact) mass is 362 g/mol. The van der Waals surface area contributed by atoms with Gasteiger partial charge in [0.15, 0.2) is 0 Å². The van der Waals surface area contributed by atoms with Crippen molar-refractivity contribution in [2.24, 2.45) is 0 Å². The molecule has 0 saturated carbocycles. The molecule has 0 aliphatic carbocycles. The van der Waals surface area contributed by atoms with Crippen LogP contribution in [0.1, 0.15) is 17.7 Å². The maximum absolute atomic E-state index is 13.2. The number of benzene rings is 1. The minimum atomic E-state index is -3.59. The first-order valence-electron chi connectivity index (χ1n) is 7.58. The zero-order valence-corrected chi connectivity index (χ0v) is 14.0. The Bertz CT molecular complexity index is 914. The molecule has 2 aromatic rings. The molecule has 0 bridgehead atoms. The van der Waals surface area contributed by atoms with Gasteiger partial charge in [0.25, 0.3) is 5.88 Å². The van der Waals surface area contributed by atoms with Gasteiger partial charge in [0.1, 0.15) is 18.0 Å². The molecule has 0 amide bonds. The highest BCUT2D eigenvalue weighted by molar-refractivity contribution is 7.88. The van der Waals surface area contributed by atoms with Crippen molar-refractivity contribution in [1.29, 1.82) is 5.26 Å². The molecule has 1 aliphatic rings. The number of sulfonamides is 1. The van der Waals surface area contributed by atoms with Gasteiger partial charge in [0.05, 0.1) is 12.3 Å². The summed E-state index contributed by atoms with van der Waals surface area (Å²) in [5.41, 5.74) is 0.452. The van der Waals surface area contributed by atoms with Crippen LogP contribution in [0.4, 0.5) is 4.39 Å². The van der Waals surface area contributed by atoms with Gasteiger partial charge in [-0.1, -0.05) is 12.1 Å². The minimum absolute atomic E-state index is 0.0589. The van der Waals surface area contributed by atoms with E-state index in [9.17, 15) is 12.8 Å². The first-order valence-corrected chi connectivity index (χ1v) is 9.19. The Morgan fingerprint density at radius 1 is 1.36 bits per heavy atom. The van der Waals surface area contributed by atoms with Crippen LogP contribution in [-0.2, 0) is 15.8 Å². The molecule has 0 N–H and O–H groups in total. The Morgan fingerprint density at radius 3 is 2.92 bits per heavy atom. The predicted molar refractivity (Wildman–Crippen MR) is 86.4 cm³/mol. The molecule has 1 aliphatic heterocycles. The zero-order valence-electron chi connectivity index (χ0n) is 13.2. The van der Waals surface area contributed by atoms with Crippen molar-refractivity contribution in [3.05, 3.63) is 53.7 Å². The Morgan fingerprint density at radius 2 is 2.16 bits per heavy atom. The highest BCUT2D eigenvalue weighted by Crippen LogP contribution is 2.22. The molecule has 1 aromatic heterocycles. The highest BCUT2D eigenvalue weighted by Gasteiger charge is 2.33. The number of nitrogens with zero attached hydrogens (tertiary/aromatic N) is 4. The second-order valence-electron chi connectivity index (χ2n) is 5.59. The van der Waals surface area contributed by atoms with E-state index in [1.165, 1.54) is 34.9 Å². The molecular weight excluding hydrogens is 347 g/mol. The molecule has 0 spiro atoms. The van der Waals surface area contributed by atoms with E-state index < -0.39 is 21.9 Å². The number of ether oxygens (including phenoxy) is 1. The van der Waals surface area contributed by atoms with Gasteiger partial charge < -0.3 is 4.74 Å². The average molecular weight is 362 g/mol. The molecule has 1 atom stereocenters. The molecule has 7 nitrogen and oxygen atoms in total. The molecule has 25 heavy (non-hydrogen) atoms. The van der Waals surface area contributed by atoms with E-state index in [1.807, 2.05) is 6.07 Å².